The van der Waals surface area contributed by atoms with E-state index in [0.29, 0.717) is 23.8 Å². The van der Waals surface area contributed by atoms with E-state index < -0.39 is 11.6 Å². The summed E-state index contributed by atoms with van der Waals surface area (Å²) in [6.45, 7) is 9.54. The van der Waals surface area contributed by atoms with Crippen LogP contribution in [-0.2, 0) is 14.3 Å². The first-order valence-electron chi connectivity index (χ1n) is 8.38. The lowest BCUT2D eigenvalue weighted by Crippen LogP contribution is -2.43. The van der Waals surface area contributed by atoms with Crippen LogP contribution >= 0.6 is 0 Å². The highest BCUT2D eigenvalue weighted by atomic mass is 16.5. The van der Waals surface area contributed by atoms with Gasteiger partial charge in [0, 0.05) is 12.8 Å². The highest BCUT2D eigenvalue weighted by molar-refractivity contribution is 5.99. The topological polar surface area (TPSA) is 73.9 Å². The highest BCUT2D eigenvalue weighted by Gasteiger charge is 2.34. The molecule has 1 N–H and O–H groups in total. The van der Waals surface area contributed by atoms with E-state index in [1.54, 1.807) is 25.1 Å². The van der Waals surface area contributed by atoms with Crippen LogP contribution in [0, 0.1) is 5.92 Å². The van der Waals surface area contributed by atoms with Crippen molar-refractivity contribution in [1.82, 2.24) is 0 Å². The minimum atomic E-state index is -0.952. The third-order valence-corrected chi connectivity index (χ3v) is 3.73. The molecular weight excluding hydrogens is 322 g/mol. The fraction of sp³-hybridized carbons (Fsp3) is 0.579. The lowest BCUT2D eigenvalue weighted by molar-refractivity contribution is -0.137. The molecule has 0 saturated carbocycles. The highest BCUT2D eigenvalue weighted by Crippen LogP contribution is 2.27. The van der Waals surface area contributed by atoms with Crippen molar-refractivity contribution in [2.24, 2.45) is 5.92 Å². The number of esters is 1. The second-order valence-electron chi connectivity index (χ2n) is 6.86. The number of hydrogen-bond acceptors (Lipinski definition) is 5. The maximum absolute atomic E-state index is 12.6. The fourth-order valence-corrected chi connectivity index (χ4v) is 2.54. The molecule has 1 atom stereocenters. The Morgan fingerprint density at radius 2 is 1.80 bits per heavy atom. The molecule has 0 aliphatic carbocycles. The molecular formula is C19H29NO5. The number of nitrogens with one attached hydrogen (secondary N) is 1. The number of ether oxygens (including phenoxy) is 3. The second-order valence-corrected chi connectivity index (χ2v) is 6.86. The van der Waals surface area contributed by atoms with Gasteiger partial charge in [-0.15, -0.1) is 0 Å². The van der Waals surface area contributed by atoms with Crippen LogP contribution in [0.15, 0.2) is 18.2 Å². The molecule has 0 aromatic heterocycles. The zero-order valence-corrected chi connectivity index (χ0v) is 16.1. The molecule has 0 unspecified atom stereocenters. The number of carbonyl (C=O) groups is 2. The van der Waals surface area contributed by atoms with E-state index >= 15 is 0 Å². The van der Waals surface area contributed by atoms with Crippen molar-refractivity contribution < 1.29 is 23.8 Å². The van der Waals surface area contributed by atoms with Crippen LogP contribution in [0.1, 0.15) is 51.4 Å². The summed E-state index contributed by atoms with van der Waals surface area (Å²) in [5, 5.41) is 2.81. The summed E-state index contributed by atoms with van der Waals surface area (Å²) in [4.78, 5) is 24.6. The first kappa shape index (κ1) is 21.0. The van der Waals surface area contributed by atoms with Crippen LogP contribution in [0.4, 0.5) is 5.69 Å². The molecule has 1 aromatic carbocycles. The van der Waals surface area contributed by atoms with Gasteiger partial charge >= 0.3 is 5.97 Å². The van der Waals surface area contributed by atoms with Crippen LogP contribution in [0.5, 0.6) is 5.75 Å². The maximum Gasteiger partial charge on any atom is 0.341 e. The zero-order valence-electron chi connectivity index (χ0n) is 16.1. The summed E-state index contributed by atoms with van der Waals surface area (Å²) in [7, 11) is 2.82. The molecule has 6 heteroatoms. The number of hydrogen-bond donors (Lipinski definition) is 1. The third kappa shape index (κ3) is 5.74. The molecule has 0 radical (unpaired) electrons. The monoisotopic (exact) mass is 351 g/mol. The van der Waals surface area contributed by atoms with Crippen molar-refractivity contribution in [2.75, 3.05) is 19.5 Å². The summed E-state index contributed by atoms with van der Waals surface area (Å²) >= 11 is 0. The molecule has 0 aliphatic rings. The Kier molecular flexibility index (Phi) is 7.42. The second kappa shape index (κ2) is 8.85. The minimum absolute atomic E-state index is 0.0910. The molecule has 25 heavy (non-hydrogen) atoms. The van der Waals surface area contributed by atoms with Gasteiger partial charge in [0.2, 0.25) is 0 Å². The normalized spacial score (nSPS) is 13.5. The molecule has 0 heterocycles. The van der Waals surface area contributed by atoms with Gasteiger partial charge in [0.15, 0.2) is 0 Å². The summed E-state index contributed by atoms with van der Waals surface area (Å²) in [6, 6.07) is 4.88. The predicted molar refractivity (Wildman–Crippen MR) is 97.0 cm³/mol. The lowest BCUT2D eigenvalue weighted by atomic mass is 9.93. The minimum Gasteiger partial charge on any atom is -0.490 e. The van der Waals surface area contributed by atoms with Gasteiger partial charge in [0.1, 0.15) is 16.9 Å². The van der Waals surface area contributed by atoms with Crippen molar-refractivity contribution in [3.05, 3.63) is 23.8 Å². The molecule has 0 spiro atoms. The Balaban J connectivity index is 3.09. The predicted octanol–water partition coefficient (Wildman–Crippen LogP) is 3.65. The molecule has 1 amide bonds. The first-order valence-corrected chi connectivity index (χ1v) is 8.38. The average Bonchev–Trinajstić information content (AvgIpc) is 2.54. The van der Waals surface area contributed by atoms with Gasteiger partial charge in [-0.2, -0.15) is 0 Å². The SMILES string of the molecule is COC(=O)c1cc(NC(=O)[C@@](C)(CC(C)C)OC)ccc1OC(C)C. The van der Waals surface area contributed by atoms with E-state index in [0.717, 1.165) is 0 Å². The van der Waals surface area contributed by atoms with Crippen LogP contribution in [0.2, 0.25) is 0 Å². The zero-order chi connectivity index (χ0) is 19.2. The van der Waals surface area contributed by atoms with Crippen molar-refractivity contribution in [1.29, 1.82) is 0 Å². The number of anilines is 1. The molecule has 140 valence electrons. The van der Waals surface area contributed by atoms with Crippen molar-refractivity contribution >= 4 is 17.6 Å². The number of carbonyl (C=O) groups excluding carboxylic acids is 2. The van der Waals surface area contributed by atoms with E-state index in [1.807, 2.05) is 27.7 Å². The van der Waals surface area contributed by atoms with Gasteiger partial charge in [0.05, 0.1) is 13.2 Å². The van der Waals surface area contributed by atoms with Crippen LogP contribution in [0.25, 0.3) is 0 Å². The van der Waals surface area contributed by atoms with E-state index in [4.69, 9.17) is 14.2 Å². The fourth-order valence-electron chi connectivity index (χ4n) is 2.54. The van der Waals surface area contributed by atoms with E-state index in [9.17, 15) is 9.59 Å². The third-order valence-electron chi connectivity index (χ3n) is 3.73. The number of amides is 1. The number of methoxy groups -OCH3 is 2. The van der Waals surface area contributed by atoms with Crippen molar-refractivity contribution in [3.8, 4) is 5.75 Å². The van der Waals surface area contributed by atoms with E-state index in [2.05, 4.69) is 5.32 Å². The average molecular weight is 351 g/mol. The molecule has 1 rings (SSSR count). The smallest absolute Gasteiger partial charge is 0.341 e. The molecule has 0 saturated heterocycles. The van der Waals surface area contributed by atoms with Gasteiger partial charge in [-0.25, -0.2) is 4.79 Å². The van der Waals surface area contributed by atoms with E-state index in [1.165, 1.54) is 14.2 Å². The largest absolute Gasteiger partial charge is 0.490 e. The van der Waals surface area contributed by atoms with Gasteiger partial charge < -0.3 is 19.5 Å². The van der Waals surface area contributed by atoms with Gasteiger partial charge in [0.25, 0.3) is 5.91 Å². The molecule has 6 nitrogen and oxygen atoms in total. The van der Waals surface area contributed by atoms with E-state index in [-0.39, 0.29) is 17.6 Å². The van der Waals surface area contributed by atoms with Gasteiger partial charge in [-0.3, -0.25) is 4.79 Å². The first-order chi connectivity index (χ1) is 11.6. The standard InChI is InChI=1S/C19H29NO5/c1-12(2)11-19(5,24-7)18(22)20-14-8-9-16(25-13(3)4)15(10-14)17(21)23-6/h8-10,12-13H,11H2,1-7H3,(H,20,22)/t19-/m1/s1. The number of rotatable bonds is 8. The summed E-state index contributed by atoms with van der Waals surface area (Å²) in [5.41, 5.74) is -0.210. The van der Waals surface area contributed by atoms with Gasteiger partial charge in [-0.05, 0) is 51.3 Å². The van der Waals surface area contributed by atoms with Crippen LogP contribution in [0.3, 0.4) is 0 Å². The maximum atomic E-state index is 12.6. The van der Waals surface area contributed by atoms with Crippen molar-refractivity contribution in [2.45, 2.75) is 52.7 Å². The molecule has 0 aliphatic heterocycles. The molecule has 0 fully saturated rings. The Bertz CT molecular complexity index is 612. The number of benzene rings is 1. The molecule has 1 aromatic rings. The Hall–Kier alpha value is -2.08. The summed E-state index contributed by atoms with van der Waals surface area (Å²) in [6.07, 6.45) is 0.486. The quantitative estimate of drug-likeness (QED) is 0.724. The Morgan fingerprint density at radius 3 is 2.28 bits per heavy atom. The van der Waals surface area contributed by atoms with Crippen molar-refractivity contribution in [3.63, 3.8) is 0 Å². The summed E-state index contributed by atoms with van der Waals surface area (Å²) in [5.74, 6) is -0.0832. The summed E-state index contributed by atoms with van der Waals surface area (Å²) < 4.78 is 15.9. The molecule has 0 bridgehead atoms. The van der Waals surface area contributed by atoms with Gasteiger partial charge in [-0.1, -0.05) is 13.8 Å². The Morgan fingerprint density at radius 1 is 1.16 bits per heavy atom. The van der Waals surface area contributed by atoms with Crippen LogP contribution < -0.4 is 10.1 Å². The van der Waals surface area contributed by atoms with Crippen LogP contribution in [-0.4, -0.2) is 37.8 Å². The lowest BCUT2D eigenvalue weighted by Gasteiger charge is -2.28. The Labute approximate surface area is 149 Å².